The Balaban J connectivity index is 1.08. The minimum absolute atomic E-state index is 0.0332. The maximum Gasteiger partial charge on any atom is 0.233 e. The minimum Gasteiger partial charge on any atom is -0.339 e. The number of nitriles is 1. The quantitative estimate of drug-likeness (QED) is 0.309. The van der Waals surface area contributed by atoms with E-state index in [0.29, 0.717) is 49.1 Å². The molecule has 9 rings (SSSR count). The highest BCUT2D eigenvalue weighted by molar-refractivity contribution is 6.00. The van der Waals surface area contributed by atoms with Crippen LogP contribution in [0.4, 0.5) is 10.1 Å². The fourth-order valence-electron chi connectivity index (χ4n) is 8.57. The van der Waals surface area contributed by atoms with Crippen LogP contribution in [0.3, 0.4) is 0 Å². The van der Waals surface area contributed by atoms with Crippen molar-refractivity contribution in [2.75, 3.05) is 11.4 Å². The number of carbonyl (C=O) groups excluding carboxylic acids is 1. The van der Waals surface area contributed by atoms with Crippen molar-refractivity contribution in [3.8, 4) is 17.2 Å². The van der Waals surface area contributed by atoms with Crippen LogP contribution in [0, 0.1) is 28.6 Å². The molecule has 6 nitrogen and oxygen atoms in total. The summed E-state index contributed by atoms with van der Waals surface area (Å²) in [6.45, 7) is 0.652. The van der Waals surface area contributed by atoms with E-state index in [2.05, 4.69) is 17.3 Å². The lowest BCUT2D eigenvalue weighted by Gasteiger charge is -2.65. The van der Waals surface area contributed by atoms with Crippen LogP contribution in [0.1, 0.15) is 93.8 Å². The maximum absolute atomic E-state index is 14.6. The van der Waals surface area contributed by atoms with Gasteiger partial charge in [0.05, 0.1) is 17.0 Å². The second kappa shape index (κ2) is 8.98. The third kappa shape index (κ3) is 4.13. The smallest absolute Gasteiger partial charge is 0.233 e. The average molecular weight is 551 g/mol. The van der Waals surface area contributed by atoms with E-state index in [-0.39, 0.29) is 11.3 Å². The highest BCUT2D eigenvalue weighted by Crippen LogP contribution is 2.70. The highest BCUT2D eigenvalue weighted by atomic mass is 19.1. The number of fused-ring (bicyclic) bond motifs is 2. The summed E-state index contributed by atoms with van der Waals surface area (Å²) >= 11 is 0. The molecule has 0 saturated heterocycles. The molecule has 0 radical (unpaired) electrons. The zero-order valence-corrected chi connectivity index (χ0v) is 23.3. The first-order chi connectivity index (χ1) is 19.9. The van der Waals surface area contributed by atoms with E-state index in [1.165, 1.54) is 0 Å². The van der Waals surface area contributed by atoms with Crippen LogP contribution in [0.25, 0.3) is 11.1 Å². The lowest BCUT2D eigenvalue weighted by molar-refractivity contribution is -0.211. The summed E-state index contributed by atoms with van der Waals surface area (Å²) in [6.07, 6.45) is 9.83. The van der Waals surface area contributed by atoms with Crippen molar-refractivity contribution >= 4 is 11.6 Å². The Morgan fingerprint density at radius 2 is 1.83 bits per heavy atom. The number of carbonyl (C=O) groups is 1. The second-order valence-corrected chi connectivity index (χ2v) is 13.8. The van der Waals surface area contributed by atoms with Crippen LogP contribution in [-0.4, -0.2) is 28.3 Å². The van der Waals surface area contributed by atoms with Crippen molar-refractivity contribution in [2.45, 2.75) is 87.6 Å². The number of aromatic nitrogens is 2. The molecule has 41 heavy (non-hydrogen) atoms. The average Bonchev–Trinajstić information content (AvgIpc) is 3.70. The Morgan fingerprint density at radius 3 is 2.59 bits per heavy atom. The van der Waals surface area contributed by atoms with E-state index in [0.717, 1.165) is 79.9 Å². The number of hydrogen-bond donors (Lipinski definition) is 0. The summed E-state index contributed by atoms with van der Waals surface area (Å²) in [5.41, 5.74) is 1.70. The van der Waals surface area contributed by atoms with Crippen LogP contribution in [0.15, 0.2) is 53.1 Å². The van der Waals surface area contributed by atoms with Gasteiger partial charge in [-0.05, 0) is 105 Å². The van der Waals surface area contributed by atoms with Crippen molar-refractivity contribution < 1.29 is 13.7 Å². The number of amides is 1. The molecule has 210 valence electrons. The molecule has 6 aliphatic carbocycles. The lowest BCUT2D eigenvalue weighted by atomic mass is 9.42. The molecular weight excluding hydrogens is 515 g/mol. The molecule has 0 N–H and O–H groups in total. The van der Waals surface area contributed by atoms with Gasteiger partial charge in [0.2, 0.25) is 11.8 Å². The molecule has 6 saturated carbocycles. The number of hydrogen-bond acceptors (Lipinski definition) is 5. The van der Waals surface area contributed by atoms with Gasteiger partial charge in [0, 0.05) is 23.6 Å². The summed E-state index contributed by atoms with van der Waals surface area (Å²) in [4.78, 5) is 21.0. The summed E-state index contributed by atoms with van der Waals surface area (Å²) in [7, 11) is 0. The molecule has 2 aromatic carbocycles. The molecule has 1 heterocycles. The predicted octanol–water partition coefficient (Wildman–Crippen LogP) is 7.25. The van der Waals surface area contributed by atoms with E-state index in [1.54, 1.807) is 6.07 Å². The van der Waals surface area contributed by atoms with Crippen molar-refractivity contribution in [1.82, 2.24) is 10.1 Å². The summed E-state index contributed by atoms with van der Waals surface area (Å²) < 4.78 is 20.4. The molecule has 4 bridgehead atoms. The van der Waals surface area contributed by atoms with Gasteiger partial charge in [-0.15, -0.1) is 0 Å². The van der Waals surface area contributed by atoms with Crippen molar-refractivity contribution in [2.24, 2.45) is 17.3 Å². The lowest BCUT2D eigenvalue weighted by Crippen LogP contribution is -2.70. The minimum atomic E-state index is -1.13. The van der Waals surface area contributed by atoms with Gasteiger partial charge >= 0.3 is 0 Å². The zero-order valence-electron chi connectivity index (χ0n) is 23.3. The molecule has 0 spiro atoms. The first-order valence-electron chi connectivity index (χ1n) is 15.3. The Labute approximate surface area is 239 Å². The van der Waals surface area contributed by atoms with Gasteiger partial charge < -0.3 is 9.42 Å². The van der Waals surface area contributed by atoms with Crippen LogP contribution >= 0.6 is 0 Å². The molecule has 6 fully saturated rings. The fraction of sp³-hybridized carbons (Fsp3) is 0.529. The monoisotopic (exact) mass is 550 g/mol. The van der Waals surface area contributed by atoms with Crippen LogP contribution in [0.5, 0.6) is 0 Å². The third-order valence-electron chi connectivity index (χ3n) is 10.9. The molecular formula is C34H35FN4O2. The predicted molar refractivity (Wildman–Crippen MR) is 152 cm³/mol. The van der Waals surface area contributed by atoms with Crippen LogP contribution in [0.2, 0.25) is 0 Å². The van der Waals surface area contributed by atoms with Gasteiger partial charge in [-0.2, -0.15) is 10.2 Å². The van der Waals surface area contributed by atoms with Crippen molar-refractivity contribution in [1.29, 1.82) is 5.26 Å². The van der Waals surface area contributed by atoms with Gasteiger partial charge in [-0.3, -0.25) is 4.79 Å². The normalized spacial score (nSPS) is 33.3. The molecule has 6 aliphatic rings. The standard InChI is InChI=1S/C34H35FN4O2/c35-34-19-33(20-34,21-34)31(40)39(28-8-2-6-25(15-28)24-5-1-4-22(14-24)17-36)18-27-11-13-32(12-3-7-26(27)16-32)30-37-29(38-41-30)23-9-10-23/h1-2,4-6,8,14-15,23,26-27H,3,7,9-13,16,18-21H2. The molecule has 3 atom stereocenters. The highest BCUT2D eigenvalue weighted by Gasteiger charge is 2.73. The Morgan fingerprint density at radius 1 is 1.05 bits per heavy atom. The van der Waals surface area contributed by atoms with E-state index in [1.807, 2.05) is 41.3 Å². The van der Waals surface area contributed by atoms with E-state index < -0.39 is 11.1 Å². The Hall–Kier alpha value is -3.53. The molecule has 7 heteroatoms. The summed E-state index contributed by atoms with van der Waals surface area (Å²) in [5, 5.41) is 13.7. The van der Waals surface area contributed by atoms with Crippen molar-refractivity contribution in [3.63, 3.8) is 0 Å². The molecule has 0 aliphatic heterocycles. The number of anilines is 1. The third-order valence-corrected chi connectivity index (χ3v) is 10.9. The molecule has 3 aromatic rings. The van der Waals surface area contributed by atoms with Gasteiger partial charge in [-0.1, -0.05) is 42.3 Å². The summed E-state index contributed by atoms with van der Waals surface area (Å²) in [5.74, 6) is 3.15. The Kier molecular flexibility index (Phi) is 5.52. The van der Waals surface area contributed by atoms with Gasteiger partial charge in [-0.25, -0.2) is 4.39 Å². The second-order valence-electron chi connectivity index (χ2n) is 13.8. The topological polar surface area (TPSA) is 83.0 Å². The number of rotatable bonds is 7. The largest absolute Gasteiger partial charge is 0.339 e. The van der Waals surface area contributed by atoms with Gasteiger partial charge in [0.25, 0.3) is 0 Å². The first kappa shape index (κ1) is 25.2. The number of benzene rings is 2. The molecule has 1 aromatic heterocycles. The number of nitrogens with zero attached hydrogens (tertiary/aromatic N) is 4. The number of alkyl halides is 1. The van der Waals surface area contributed by atoms with Gasteiger partial charge in [0.1, 0.15) is 5.67 Å². The van der Waals surface area contributed by atoms with Crippen molar-refractivity contribution in [3.05, 3.63) is 65.8 Å². The fourth-order valence-corrected chi connectivity index (χ4v) is 8.57. The van der Waals surface area contributed by atoms with Crippen LogP contribution < -0.4 is 4.90 Å². The van der Waals surface area contributed by atoms with Crippen LogP contribution in [-0.2, 0) is 10.2 Å². The van der Waals surface area contributed by atoms with E-state index >= 15 is 0 Å². The SMILES string of the molecule is N#Cc1cccc(-c2cccc(N(CC3CCC4(c5nc(C6CC6)no5)CCCC3C4)C(=O)C34CC(F)(C3)C4)c2)c1. The maximum atomic E-state index is 14.6. The number of halogens is 1. The molecule has 3 unspecified atom stereocenters. The first-order valence-corrected chi connectivity index (χ1v) is 15.3. The zero-order chi connectivity index (χ0) is 27.8. The van der Waals surface area contributed by atoms with E-state index in [9.17, 15) is 14.4 Å². The van der Waals surface area contributed by atoms with E-state index in [4.69, 9.17) is 9.51 Å². The summed E-state index contributed by atoms with van der Waals surface area (Å²) in [6, 6.07) is 17.9. The van der Waals surface area contributed by atoms with Gasteiger partial charge in [0.15, 0.2) is 5.82 Å². The molecule has 1 amide bonds. The Bertz CT molecular complexity index is 1550.